The molecule has 0 unspecified atom stereocenters. The van der Waals surface area contributed by atoms with Gasteiger partial charge in [-0.1, -0.05) is 17.7 Å². The summed E-state index contributed by atoms with van der Waals surface area (Å²) in [7, 11) is 0. The molecule has 0 spiro atoms. The largest absolute Gasteiger partial charge is 0.361 e. The number of nitrogens with zero attached hydrogens (tertiary/aromatic N) is 1. The van der Waals surface area contributed by atoms with Gasteiger partial charge < -0.3 is 10.3 Å². The van der Waals surface area contributed by atoms with E-state index in [0.717, 1.165) is 16.5 Å². The lowest BCUT2D eigenvalue weighted by Gasteiger charge is -2.07. The summed E-state index contributed by atoms with van der Waals surface area (Å²) in [5, 5.41) is 4.17. The van der Waals surface area contributed by atoms with Crippen molar-refractivity contribution in [2.45, 2.75) is 6.92 Å². The highest BCUT2D eigenvalue weighted by molar-refractivity contribution is 6.30. The van der Waals surface area contributed by atoms with Gasteiger partial charge in [0.25, 0.3) is 5.91 Å². The first-order chi connectivity index (χ1) is 9.65. The molecule has 0 bridgehead atoms. The Hall–Kier alpha value is -2.33. The highest BCUT2D eigenvalue weighted by Gasteiger charge is 2.11. The molecule has 1 amide bonds. The van der Waals surface area contributed by atoms with Gasteiger partial charge in [-0.3, -0.25) is 4.79 Å². The van der Waals surface area contributed by atoms with Gasteiger partial charge in [-0.25, -0.2) is 4.98 Å². The Morgan fingerprint density at radius 3 is 3.00 bits per heavy atom. The molecule has 4 nitrogen and oxygen atoms in total. The molecule has 0 saturated carbocycles. The number of pyridine rings is 1. The van der Waals surface area contributed by atoms with E-state index in [4.69, 9.17) is 11.6 Å². The average Bonchev–Trinajstić information content (AvgIpc) is 2.91. The summed E-state index contributed by atoms with van der Waals surface area (Å²) in [4.78, 5) is 19.4. The molecule has 0 aliphatic carbocycles. The minimum Gasteiger partial charge on any atom is -0.361 e. The quantitative estimate of drug-likeness (QED) is 0.704. The number of fused-ring (bicyclic) bond motifs is 1. The van der Waals surface area contributed by atoms with E-state index in [1.165, 1.54) is 0 Å². The van der Waals surface area contributed by atoms with Crippen molar-refractivity contribution in [2.75, 3.05) is 5.32 Å². The summed E-state index contributed by atoms with van der Waals surface area (Å²) in [5.74, 6) is -0.168. The van der Waals surface area contributed by atoms with Crippen LogP contribution in [0.1, 0.15) is 15.9 Å². The molecule has 0 aliphatic rings. The van der Waals surface area contributed by atoms with Crippen LogP contribution in [0.3, 0.4) is 0 Å². The van der Waals surface area contributed by atoms with Crippen LogP contribution in [0.25, 0.3) is 10.9 Å². The highest BCUT2D eigenvalue weighted by atomic mass is 35.5. The average molecular weight is 286 g/mol. The summed E-state index contributed by atoms with van der Waals surface area (Å²) in [5.41, 5.74) is 3.01. The predicted octanol–water partition coefficient (Wildman–Crippen LogP) is 3.78. The fraction of sp³-hybridized carbons (Fsp3) is 0.0667. The maximum Gasteiger partial charge on any atom is 0.256 e. The van der Waals surface area contributed by atoms with E-state index in [-0.39, 0.29) is 5.91 Å². The predicted molar refractivity (Wildman–Crippen MR) is 80.2 cm³/mol. The Morgan fingerprint density at radius 1 is 1.35 bits per heavy atom. The molecule has 0 atom stereocenters. The number of nitrogens with one attached hydrogen (secondary N) is 2. The van der Waals surface area contributed by atoms with E-state index >= 15 is 0 Å². The number of rotatable bonds is 2. The lowest BCUT2D eigenvalue weighted by Crippen LogP contribution is -2.12. The van der Waals surface area contributed by atoms with Gasteiger partial charge in [0.2, 0.25) is 0 Å². The van der Waals surface area contributed by atoms with Crippen molar-refractivity contribution in [1.82, 2.24) is 9.97 Å². The summed E-state index contributed by atoms with van der Waals surface area (Å²) < 4.78 is 0. The number of hydrogen-bond acceptors (Lipinski definition) is 2. The normalized spacial score (nSPS) is 10.7. The number of carbonyl (C=O) groups excluding carboxylic acids is 1. The maximum atomic E-state index is 12.3. The molecule has 0 fully saturated rings. The number of aromatic amines is 1. The molecule has 2 heterocycles. The first kappa shape index (κ1) is 12.7. The topological polar surface area (TPSA) is 57.8 Å². The Balaban J connectivity index is 1.93. The third-order valence-corrected chi connectivity index (χ3v) is 3.51. The smallest absolute Gasteiger partial charge is 0.256 e. The molecule has 0 saturated heterocycles. The van der Waals surface area contributed by atoms with Gasteiger partial charge in [-0.05, 0) is 36.8 Å². The number of benzene rings is 1. The lowest BCUT2D eigenvalue weighted by atomic mass is 10.1. The van der Waals surface area contributed by atoms with Crippen LogP contribution in [-0.4, -0.2) is 15.9 Å². The zero-order valence-corrected chi connectivity index (χ0v) is 11.5. The zero-order valence-electron chi connectivity index (χ0n) is 10.8. The van der Waals surface area contributed by atoms with Crippen molar-refractivity contribution in [3.05, 3.63) is 59.0 Å². The second kappa shape index (κ2) is 4.98. The second-order valence-electron chi connectivity index (χ2n) is 4.53. The summed E-state index contributed by atoms with van der Waals surface area (Å²) >= 11 is 5.87. The molecule has 20 heavy (non-hydrogen) atoms. The van der Waals surface area contributed by atoms with Gasteiger partial charge in [0.15, 0.2) is 0 Å². The van der Waals surface area contributed by atoms with Crippen molar-refractivity contribution < 1.29 is 4.79 Å². The third-order valence-electron chi connectivity index (χ3n) is 3.11. The first-order valence-corrected chi connectivity index (χ1v) is 6.52. The minimum absolute atomic E-state index is 0.168. The Morgan fingerprint density at radius 2 is 2.20 bits per heavy atom. The van der Waals surface area contributed by atoms with Crippen molar-refractivity contribution in [2.24, 2.45) is 0 Å². The van der Waals surface area contributed by atoms with Crippen LogP contribution in [0, 0.1) is 6.92 Å². The van der Waals surface area contributed by atoms with Crippen molar-refractivity contribution in [3.63, 3.8) is 0 Å². The van der Waals surface area contributed by atoms with Gasteiger partial charge >= 0.3 is 0 Å². The summed E-state index contributed by atoms with van der Waals surface area (Å²) in [6.07, 6.45) is 3.36. The number of hydrogen-bond donors (Lipinski definition) is 2. The molecular weight excluding hydrogens is 274 g/mol. The van der Waals surface area contributed by atoms with Crippen molar-refractivity contribution in [1.29, 1.82) is 0 Å². The number of carbonyl (C=O) groups is 1. The standard InChI is InChI=1S/C15H12ClN3O/c1-9-7-10(8-18-14(9)16)19-15(20)12-3-2-4-13-11(12)5-6-17-13/h2-8,17H,1H3,(H,19,20). The van der Waals surface area contributed by atoms with E-state index in [2.05, 4.69) is 15.3 Å². The van der Waals surface area contributed by atoms with Crippen LogP contribution in [0.4, 0.5) is 5.69 Å². The summed E-state index contributed by atoms with van der Waals surface area (Å²) in [6, 6.07) is 9.25. The second-order valence-corrected chi connectivity index (χ2v) is 4.89. The Bertz CT molecular complexity index is 795. The molecule has 1 aromatic carbocycles. The van der Waals surface area contributed by atoms with Crippen LogP contribution in [0.2, 0.25) is 5.15 Å². The van der Waals surface area contributed by atoms with Crippen molar-refractivity contribution >= 4 is 34.1 Å². The lowest BCUT2D eigenvalue weighted by molar-refractivity contribution is 0.102. The van der Waals surface area contributed by atoms with Gasteiger partial charge in [-0.2, -0.15) is 0 Å². The third kappa shape index (κ3) is 2.26. The Kier molecular flexibility index (Phi) is 3.16. The van der Waals surface area contributed by atoms with Gasteiger partial charge in [0, 0.05) is 22.7 Å². The Labute approximate surface area is 120 Å². The molecular formula is C15H12ClN3O. The monoisotopic (exact) mass is 285 g/mol. The van der Waals surface area contributed by atoms with Crippen LogP contribution >= 0.6 is 11.6 Å². The molecule has 100 valence electrons. The zero-order chi connectivity index (χ0) is 14.1. The molecule has 0 radical (unpaired) electrons. The van der Waals surface area contributed by atoms with E-state index < -0.39 is 0 Å². The number of anilines is 1. The van der Waals surface area contributed by atoms with Crippen LogP contribution < -0.4 is 5.32 Å². The summed E-state index contributed by atoms with van der Waals surface area (Å²) in [6.45, 7) is 1.85. The van der Waals surface area contributed by atoms with Crippen molar-refractivity contribution in [3.8, 4) is 0 Å². The van der Waals surface area contributed by atoms with E-state index in [0.29, 0.717) is 16.4 Å². The number of H-pyrrole nitrogens is 1. The first-order valence-electron chi connectivity index (χ1n) is 6.15. The number of aryl methyl sites for hydroxylation is 1. The fourth-order valence-electron chi connectivity index (χ4n) is 2.11. The minimum atomic E-state index is -0.168. The number of halogens is 1. The molecule has 5 heteroatoms. The van der Waals surface area contributed by atoms with Gasteiger partial charge in [0.05, 0.1) is 11.9 Å². The fourth-order valence-corrected chi connectivity index (χ4v) is 2.21. The molecule has 0 aliphatic heterocycles. The number of amides is 1. The van der Waals surface area contributed by atoms with Crippen LogP contribution in [-0.2, 0) is 0 Å². The molecule has 2 N–H and O–H groups in total. The molecule has 2 aromatic heterocycles. The van der Waals surface area contributed by atoms with Gasteiger partial charge in [-0.15, -0.1) is 0 Å². The van der Waals surface area contributed by atoms with E-state index in [1.807, 2.05) is 31.3 Å². The van der Waals surface area contributed by atoms with E-state index in [9.17, 15) is 4.79 Å². The van der Waals surface area contributed by atoms with Crippen LogP contribution in [0.5, 0.6) is 0 Å². The molecule has 3 aromatic rings. The molecule has 3 rings (SSSR count). The number of aromatic nitrogens is 2. The van der Waals surface area contributed by atoms with Crippen LogP contribution in [0.15, 0.2) is 42.7 Å². The highest BCUT2D eigenvalue weighted by Crippen LogP contribution is 2.20. The maximum absolute atomic E-state index is 12.3. The van der Waals surface area contributed by atoms with Gasteiger partial charge in [0.1, 0.15) is 5.15 Å². The van der Waals surface area contributed by atoms with E-state index in [1.54, 1.807) is 18.3 Å². The SMILES string of the molecule is Cc1cc(NC(=O)c2cccc3[nH]ccc23)cnc1Cl.